The molecule has 2 aliphatic rings. The molecule has 0 aliphatic carbocycles. The molecule has 0 radical (unpaired) electrons. The van der Waals surface area contributed by atoms with Crippen LogP contribution in [0.5, 0.6) is 5.75 Å². The van der Waals surface area contributed by atoms with Crippen molar-refractivity contribution in [1.29, 1.82) is 0 Å². The minimum atomic E-state index is -0.141. The van der Waals surface area contributed by atoms with Crippen LogP contribution in [0.2, 0.25) is 0 Å². The predicted molar refractivity (Wildman–Crippen MR) is 123 cm³/mol. The third-order valence-electron chi connectivity index (χ3n) is 6.54. The summed E-state index contributed by atoms with van der Waals surface area (Å²) in [5.74, 6) is 0.958. The second-order valence-corrected chi connectivity index (χ2v) is 8.54. The van der Waals surface area contributed by atoms with E-state index in [4.69, 9.17) is 4.74 Å². The maximum Gasteiger partial charge on any atom is 0.242 e. The van der Waals surface area contributed by atoms with Crippen LogP contribution >= 0.6 is 0 Å². The van der Waals surface area contributed by atoms with Gasteiger partial charge >= 0.3 is 0 Å². The van der Waals surface area contributed by atoms with E-state index in [1.807, 2.05) is 54.0 Å². The zero-order chi connectivity index (χ0) is 23.1. The molecule has 3 amide bonds. The molecule has 1 saturated heterocycles. The van der Waals surface area contributed by atoms with Gasteiger partial charge in [-0.2, -0.15) is 0 Å². The fraction of sp³-hybridized carbons (Fsp3) is 0.560. The van der Waals surface area contributed by atoms with Gasteiger partial charge in [0, 0.05) is 51.6 Å². The third-order valence-corrected chi connectivity index (χ3v) is 6.54. The highest BCUT2D eigenvalue weighted by molar-refractivity contribution is 5.84. The van der Waals surface area contributed by atoms with E-state index in [-0.39, 0.29) is 36.1 Å². The van der Waals surface area contributed by atoms with Crippen molar-refractivity contribution in [2.75, 3.05) is 39.3 Å². The summed E-state index contributed by atoms with van der Waals surface area (Å²) in [5, 5.41) is 0. The van der Waals surface area contributed by atoms with Crippen LogP contribution in [-0.4, -0.2) is 71.8 Å². The minimum Gasteiger partial charge on any atom is -0.489 e. The van der Waals surface area contributed by atoms with Crippen molar-refractivity contribution < 1.29 is 19.1 Å². The molecule has 1 aromatic rings. The Morgan fingerprint density at radius 1 is 1.16 bits per heavy atom. The lowest BCUT2D eigenvalue weighted by atomic mass is 9.82. The molecule has 32 heavy (non-hydrogen) atoms. The molecule has 2 heterocycles. The first-order chi connectivity index (χ1) is 15.4. The van der Waals surface area contributed by atoms with Crippen molar-refractivity contribution in [3.8, 4) is 5.75 Å². The molecule has 2 atom stereocenters. The summed E-state index contributed by atoms with van der Waals surface area (Å²) in [4.78, 5) is 43.4. The van der Waals surface area contributed by atoms with Gasteiger partial charge in [0.25, 0.3) is 0 Å². The number of ether oxygens (including phenoxy) is 1. The highest BCUT2D eigenvalue weighted by Crippen LogP contribution is 2.29. The Kier molecular flexibility index (Phi) is 8.31. The first-order valence-electron chi connectivity index (χ1n) is 11.6. The van der Waals surface area contributed by atoms with Crippen molar-refractivity contribution in [3.05, 3.63) is 42.0 Å². The zero-order valence-electron chi connectivity index (χ0n) is 19.5. The number of piperidine rings is 1. The van der Waals surface area contributed by atoms with Gasteiger partial charge in [0.05, 0.1) is 0 Å². The maximum absolute atomic E-state index is 13.1. The Hall–Kier alpha value is -2.83. The molecule has 1 aromatic carbocycles. The molecule has 0 spiro atoms. The van der Waals surface area contributed by atoms with Crippen LogP contribution in [0.15, 0.2) is 36.4 Å². The van der Waals surface area contributed by atoms with E-state index < -0.39 is 0 Å². The molecule has 2 bridgehead atoms. The number of amides is 3. The standard InChI is InChI=1S/C25H35N3O4/c1-4-26(5-2)24(30)15-20-12-13-27-16-21(20)10-8-14-32-23-11-7-6-9-22(23)17-28(19(3)29)18-25(27)31/h6-11,20-21H,4-5,12-18H2,1-3H3/b10-8+/t20-,21-/m0/s1. The Morgan fingerprint density at radius 3 is 2.62 bits per heavy atom. The summed E-state index contributed by atoms with van der Waals surface area (Å²) >= 11 is 0. The van der Waals surface area contributed by atoms with Crippen LogP contribution in [0.25, 0.3) is 0 Å². The fourth-order valence-corrected chi connectivity index (χ4v) is 4.55. The molecule has 7 heteroatoms. The normalized spacial score (nSPS) is 22.5. The SMILES string of the molecule is CCN(CC)C(=O)C[C@@H]1CCN2C[C@@H]1/C=C/COc1ccccc1CN(C(C)=O)CC2=O. The van der Waals surface area contributed by atoms with E-state index in [1.54, 1.807) is 4.90 Å². The van der Waals surface area contributed by atoms with Gasteiger partial charge in [-0.1, -0.05) is 30.4 Å². The summed E-state index contributed by atoms with van der Waals surface area (Å²) in [6, 6.07) is 7.62. The van der Waals surface area contributed by atoms with Crippen LogP contribution in [0.3, 0.4) is 0 Å². The number of carbonyl (C=O) groups is 3. The lowest BCUT2D eigenvalue weighted by molar-refractivity contribution is -0.141. The van der Waals surface area contributed by atoms with Crippen LogP contribution < -0.4 is 4.74 Å². The van der Waals surface area contributed by atoms with E-state index in [1.165, 1.54) is 6.92 Å². The molecule has 1 fully saturated rings. The Bertz CT molecular complexity index is 849. The molecular weight excluding hydrogens is 406 g/mol. The second kappa shape index (κ2) is 11.2. The molecular formula is C25H35N3O4. The molecule has 3 rings (SSSR count). The van der Waals surface area contributed by atoms with Gasteiger partial charge in [-0.15, -0.1) is 0 Å². The number of benzene rings is 1. The van der Waals surface area contributed by atoms with E-state index in [9.17, 15) is 14.4 Å². The van der Waals surface area contributed by atoms with Gasteiger partial charge in [0.2, 0.25) is 17.7 Å². The van der Waals surface area contributed by atoms with Gasteiger partial charge in [-0.3, -0.25) is 14.4 Å². The number of hydrogen-bond donors (Lipinski definition) is 0. The van der Waals surface area contributed by atoms with Crippen molar-refractivity contribution in [2.24, 2.45) is 11.8 Å². The number of fused-ring (bicyclic) bond motifs is 3. The Morgan fingerprint density at radius 2 is 1.91 bits per heavy atom. The van der Waals surface area contributed by atoms with Gasteiger partial charge in [-0.25, -0.2) is 0 Å². The lowest BCUT2D eigenvalue weighted by Crippen LogP contribution is -2.48. The molecule has 0 aromatic heterocycles. The van der Waals surface area contributed by atoms with E-state index in [2.05, 4.69) is 6.08 Å². The van der Waals surface area contributed by atoms with Crippen LogP contribution in [-0.2, 0) is 20.9 Å². The fourth-order valence-electron chi connectivity index (χ4n) is 4.55. The highest BCUT2D eigenvalue weighted by atomic mass is 16.5. The Labute approximate surface area is 191 Å². The smallest absolute Gasteiger partial charge is 0.242 e. The summed E-state index contributed by atoms with van der Waals surface area (Å²) in [6.45, 7) is 8.85. The third kappa shape index (κ3) is 5.90. The average Bonchev–Trinajstić information content (AvgIpc) is 2.79. The topological polar surface area (TPSA) is 70.2 Å². The van der Waals surface area contributed by atoms with Crippen molar-refractivity contribution in [3.63, 3.8) is 0 Å². The van der Waals surface area contributed by atoms with Crippen LogP contribution in [0.1, 0.15) is 39.2 Å². The van der Waals surface area contributed by atoms with Gasteiger partial charge in [0.15, 0.2) is 0 Å². The lowest BCUT2D eigenvalue weighted by Gasteiger charge is -2.38. The number of nitrogens with zero attached hydrogens (tertiary/aromatic N) is 3. The quantitative estimate of drug-likeness (QED) is 0.674. The average molecular weight is 442 g/mol. The first kappa shape index (κ1) is 23.8. The van der Waals surface area contributed by atoms with Crippen LogP contribution in [0.4, 0.5) is 0 Å². The number of para-hydroxylation sites is 1. The maximum atomic E-state index is 13.1. The van der Waals surface area contributed by atoms with E-state index in [0.717, 1.165) is 12.0 Å². The zero-order valence-corrected chi connectivity index (χ0v) is 19.5. The van der Waals surface area contributed by atoms with Crippen molar-refractivity contribution in [1.82, 2.24) is 14.7 Å². The number of rotatable bonds is 4. The van der Waals surface area contributed by atoms with Crippen LogP contribution in [0, 0.1) is 11.8 Å². The highest BCUT2D eigenvalue weighted by Gasteiger charge is 2.33. The number of hydrogen-bond acceptors (Lipinski definition) is 4. The van der Waals surface area contributed by atoms with Crippen molar-refractivity contribution >= 4 is 17.7 Å². The first-order valence-corrected chi connectivity index (χ1v) is 11.6. The Balaban J connectivity index is 1.82. The molecule has 0 N–H and O–H groups in total. The van der Waals surface area contributed by atoms with Gasteiger partial charge in [0.1, 0.15) is 18.9 Å². The summed E-state index contributed by atoms with van der Waals surface area (Å²) < 4.78 is 5.98. The van der Waals surface area contributed by atoms with Crippen molar-refractivity contribution in [2.45, 2.75) is 40.2 Å². The predicted octanol–water partition coefficient (Wildman–Crippen LogP) is 2.71. The molecule has 0 saturated carbocycles. The molecule has 0 unspecified atom stereocenters. The molecule has 2 aliphatic heterocycles. The molecule has 7 nitrogen and oxygen atoms in total. The molecule has 174 valence electrons. The van der Waals surface area contributed by atoms with E-state index in [0.29, 0.717) is 51.5 Å². The summed E-state index contributed by atoms with van der Waals surface area (Å²) in [7, 11) is 0. The van der Waals surface area contributed by atoms with Gasteiger partial charge < -0.3 is 19.4 Å². The van der Waals surface area contributed by atoms with E-state index >= 15 is 0 Å². The minimum absolute atomic E-state index is 0.0448. The number of carbonyl (C=O) groups excluding carboxylic acids is 3. The summed E-state index contributed by atoms with van der Waals surface area (Å²) in [5.41, 5.74) is 0.879. The second-order valence-electron chi connectivity index (χ2n) is 8.54. The monoisotopic (exact) mass is 441 g/mol. The largest absolute Gasteiger partial charge is 0.489 e. The van der Waals surface area contributed by atoms with Gasteiger partial charge in [-0.05, 0) is 38.2 Å². The summed E-state index contributed by atoms with van der Waals surface area (Å²) in [6.07, 6.45) is 5.35.